The van der Waals surface area contributed by atoms with E-state index in [0.717, 1.165) is 0 Å². The normalized spacial score (nSPS) is 38.5. The van der Waals surface area contributed by atoms with Crippen molar-refractivity contribution in [2.24, 2.45) is 0 Å². The molecule has 3 aliphatic rings. The maximum atomic E-state index is 12.3. The van der Waals surface area contributed by atoms with Crippen molar-refractivity contribution in [1.82, 2.24) is 0 Å². The molecule has 1 N–H and O–H groups in total. The summed E-state index contributed by atoms with van der Waals surface area (Å²) in [5.41, 5.74) is -1.53. The molecule has 0 aromatic heterocycles. The van der Waals surface area contributed by atoms with E-state index in [-0.39, 0.29) is 24.4 Å². The van der Waals surface area contributed by atoms with Gasteiger partial charge >= 0.3 is 11.9 Å². The summed E-state index contributed by atoms with van der Waals surface area (Å²) in [6.07, 6.45) is 1.51. The lowest BCUT2D eigenvalue weighted by molar-refractivity contribution is -0.313. The Morgan fingerprint density at radius 2 is 2.04 bits per heavy atom. The van der Waals surface area contributed by atoms with E-state index >= 15 is 0 Å². The fourth-order valence-corrected chi connectivity index (χ4v) is 4.29. The number of aliphatic hydroxyl groups is 1. The summed E-state index contributed by atoms with van der Waals surface area (Å²) < 4.78 is 28.1. The van der Waals surface area contributed by atoms with Crippen LogP contribution in [0, 0.1) is 0 Å². The molecule has 4 unspecified atom stereocenters. The molecule has 0 aliphatic carbocycles. The molecule has 3 heterocycles. The first-order valence-electron chi connectivity index (χ1n) is 8.89. The molecule has 27 heavy (non-hydrogen) atoms. The Bertz CT molecular complexity index is 725. The van der Waals surface area contributed by atoms with Crippen LogP contribution in [0.2, 0.25) is 0 Å². The van der Waals surface area contributed by atoms with Gasteiger partial charge in [0.2, 0.25) is 5.79 Å². The summed E-state index contributed by atoms with van der Waals surface area (Å²) in [6.45, 7) is 4.81. The number of hydrogen-bond donors (Lipinski definition) is 1. The molecular formula is C19H26O8. The number of esters is 2. The fourth-order valence-electron chi connectivity index (χ4n) is 4.29. The van der Waals surface area contributed by atoms with Crippen LogP contribution in [0.15, 0.2) is 23.0 Å². The molecule has 3 rings (SSSR count). The first-order chi connectivity index (χ1) is 12.6. The van der Waals surface area contributed by atoms with Gasteiger partial charge in [0.1, 0.15) is 5.76 Å². The summed E-state index contributed by atoms with van der Waals surface area (Å²) in [7, 11) is 2.95. The number of aliphatic hydroxyl groups excluding tert-OH is 1. The molecule has 1 saturated heterocycles. The minimum Gasteiger partial charge on any atom is -0.454 e. The first-order valence-corrected chi connectivity index (χ1v) is 8.89. The highest BCUT2D eigenvalue weighted by molar-refractivity contribution is 5.95. The van der Waals surface area contributed by atoms with E-state index in [1.54, 1.807) is 13.0 Å². The molecule has 150 valence electrons. The highest BCUT2D eigenvalue weighted by Crippen LogP contribution is 2.51. The van der Waals surface area contributed by atoms with Crippen LogP contribution in [0.1, 0.15) is 40.0 Å². The van der Waals surface area contributed by atoms with Gasteiger partial charge in [-0.3, -0.25) is 4.79 Å². The molecule has 0 radical (unpaired) electrons. The van der Waals surface area contributed by atoms with Crippen molar-refractivity contribution in [3.05, 3.63) is 23.0 Å². The second kappa shape index (κ2) is 6.70. The van der Waals surface area contributed by atoms with Gasteiger partial charge in [0.25, 0.3) is 0 Å². The molecule has 1 fully saturated rings. The average molecular weight is 382 g/mol. The summed E-state index contributed by atoms with van der Waals surface area (Å²) >= 11 is 0. The van der Waals surface area contributed by atoms with E-state index < -0.39 is 35.0 Å². The smallest absolute Gasteiger partial charge is 0.342 e. The Kier molecular flexibility index (Phi) is 4.96. The number of ether oxygens (including phenoxy) is 5. The fraction of sp³-hybridized carbons (Fsp3) is 0.684. The van der Waals surface area contributed by atoms with Crippen LogP contribution in [0.5, 0.6) is 0 Å². The van der Waals surface area contributed by atoms with Crippen molar-refractivity contribution in [3.8, 4) is 0 Å². The van der Waals surface area contributed by atoms with Crippen molar-refractivity contribution in [1.29, 1.82) is 0 Å². The Hall–Kier alpha value is -1.74. The Balaban J connectivity index is 2.17. The summed E-state index contributed by atoms with van der Waals surface area (Å²) in [4.78, 5) is 24.1. The highest BCUT2D eigenvalue weighted by atomic mass is 16.7. The second-order valence-corrected chi connectivity index (χ2v) is 7.64. The van der Waals surface area contributed by atoms with Crippen LogP contribution >= 0.6 is 0 Å². The molecule has 0 spiro atoms. The van der Waals surface area contributed by atoms with Crippen LogP contribution in [-0.4, -0.2) is 61.0 Å². The molecule has 8 nitrogen and oxygen atoms in total. The average Bonchev–Trinajstić information content (AvgIpc) is 3.06. The topological polar surface area (TPSA) is 101 Å². The first kappa shape index (κ1) is 20.0. The second-order valence-electron chi connectivity index (χ2n) is 7.64. The number of rotatable bonds is 4. The Morgan fingerprint density at radius 3 is 2.63 bits per heavy atom. The molecule has 0 aromatic carbocycles. The highest BCUT2D eigenvalue weighted by Gasteiger charge is 2.61. The molecule has 8 heteroatoms. The van der Waals surface area contributed by atoms with E-state index in [9.17, 15) is 14.7 Å². The number of fused-ring (bicyclic) bond motifs is 3. The lowest BCUT2D eigenvalue weighted by atomic mass is 9.82. The zero-order valence-electron chi connectivity index (χ0n) is 16.3. The van der Waals surface area contributed by atoms with Gasteiger partial charge in [-0.15, -0.1) is 0 Å². The number of carbonyl (C=O) groups excluding carboxylic acids is 2. The molecule has 0 amide bonds. The van der Waals surface area contributed by atoms with Gasteiger partial charge in [-0.05, 0) is 26.3 Å². The van der Waals surface area contributed by atoms with Crippen LogP contribution < -0.4 is 0 Å². The molecule has 0 aromatic rings. The summed E-state index contributed by atoms with van der Waals surface area (Å²) in [5.74, 6) is -2.07. The zero-order valence-corrected chi connectivity index (χ0v) is 16.3. The van der Waals surface area contributed by atoms with Crippen LogP contribution in [0.4, 0.5) is 0 Å². The molecule has 4 atom stereocenters. The van der Waals surface area contributed by atoms with Gasteiger partial charge < -0.3 is 28.8 Å². The van der Waals surface area contributed by atoms with Crippen molar-refractivity contribution >= 4 is 11.9 Å². The predicted octanol–water partition coefficient (Wildman–Crippen LogP) is 1.37. The molecule has 3 aliphatic heterocycles. The van der Waals surface area contributed by atoms with Crippen LogP contribution in [-0.2, 0) is 33.3 Å². The van der Waals surface area contributed by atoms with Crippen LogP contribution in [0.3, 0.4) is 0 Å². The molecular weight excluding hydrogens is 356 g/mol. The van der Waals surface area contributed by atoms with E-state index in [2.05, 4.69) is 0 Å². The largest absolute Gasteiger partial charge is 0.454 e. The minimum atomic E-state index is -1.29. The van der Waals surface area contributed by atoms with Gasteiger partial charge in [-0.2, -0.15) is 0 Å². The van der Waals surface area contributed by atoms with Gasteiger partial charge in [0.15, 0.2) is 5.60 Å². The number of hydrogen-bond acceptors (Lipinski definition) is 8. The van der Waals surface area contributed by atoms with Gasteiger partial charge in [0, 0.05) is 39.6 Å². The number of carbonyl (C=O) groups is 2. The van der Waals surface area contributed by atoms with Crippen molar-refractivity contribution in [3.63, 3.8) is 0 Å². The molecule has 0 saturated carbocycles. The third kappa shape index (κ3) is 3.20. The van der Waals surface area contributed by atoms with Crippen LogP contribution in [0.25, 0.3) is 0 Å². The predicted molar refractivity (Wildman–Crippen MR) is 92.3 cm³/mol. The lowest BCUT2D eigenvalue weighted by Crippen LogP contribution is -2.58. The monoisotopic (exact) mass is 382 g/mol. The number of methoxy groups -OCH3 is 2. The maximum absolute atomic E-state index is 12.3. The van der Waals surface area contributed by atoms with Gasteiger partial charge in [0.05, 0.1) is 23.9 Å². The maximum Gasteiger partial charge on any atom is 0.342 e. The van der Waals surface area contributed by atoms with E-state index in [4.69, 9.17) is 23.7 Å². The third-order valence-corrected chi connectivity index (χ3v) is 5.53. The third-order valence-electron chi connectivity index (χ3n) is 5.53. The van der Waals surface area contributed by atoms with Crippen molar-refractivity contribution in [2.45, 2.75) is 63.1 Å². The SMILES string of the molecule is COCC1=C2C(=CC3(C)CCC(OC)(O3)C(C)(OC(C)=O)CC2O)OC1=O. The summed E-state index contributed by atoms with van der Waals surface area (Å²) in [5, 5.41) is 11.0. The Labute approximate surface area is 158 Å². The van der Waals surface area contributed by atoms with E-state index in [1.165, 1.54) is 21.1 Å². The molecule has 2 bridgehead atoms. The lowest BCUT2D eigenvalue weighted by Gasteiger charge is -2.45. The van der Waals surface area contributed by atoms with Crippen molar-refractivity contribution in [2.75, 3.05) is 20.8 Å². The van der Waals surface area contributed by atoms with E-state index in [0.29, 0.717) is 18.4 Å². The van der Waals surface area contributed by atoms with Gasteiger partial charge in [-0.25, -0.2) is 4.79 Å². The van der Waals surface area contributed by atoms with Gasteiger partial charge in [-0.1, -0.05) is 0 Å². The standard InChI is InChI=1S/C19H26O8/c1-11(20)26-18(3)8-13(21)15-12(10-23-4)16(22)25-14(15)9-17(2)6-7-19(18,24-5)27-17/h9,13,21H,6-8,10H2,1-5H3. The zero-order chi connectivity index (χ0) is 20.0. The Morgan fingerprint density at radius 1 is 1.33 bits per heavy atom. The van der Waals surface area contributed by atoms with E-state index in [1.807, 2.05) is 6.92 Å². The van der Waals surface area contributed by atoms with Crippen molar-refractivity contribution < 1.29 is 38.4 Å². The summed E-state index contributed by atoms with van der Waals surface area (Å²) in [6, 6.07) is 0. The minimum absolute atomic E-state index is 0.000160. The quantitative estimate of drug-likeness (QED) is 0.728.